The van der Waals surface area contributed by atoms with Gasteiger partial charge in [0.2, 0.25) is 5.91 Å². The van der Waals surface area contributed by atoms with Crippen LogP contribution in [0.15, 0.2) is 42.5 Å². The highest BCUT2D eigenvalue weighted by molar-refractivity contribution is 8.00. The predicted octanol–water partition coefficient (Wildman–Crippen LogP) is 3.73. The Labute approximate surface area is 140 Å². The van der Waals surface area contributed by atoms with Crippen LogP contribution in [0.1, 0.15) is 10.9 Å². The molecule has 1 aliphatic heterocycles. The summed E-state index contributed by atoms with van der Waals surface area (Å²) in [5, 5.41) is 20.7. The Morgan fingerprint density at radius 3 is 2.61 bits per heavy atom. The van der Waals surface area contributed by atoms with Crippen LogP contribution in [0.3, 0.4) is 0 Å². The van der Waals surface area contributed by atoms with E-state index < -0.39 is 10.7 Å². The van der Waals surface area contributed by atoms with Gasteiger partial charge in [-0.2, -0.15) is 0 Å². The van der Waals surface area contributed by atoms with Crippen molar-refractivity contribution in [1.82, 2.24) is 0 Å². The topological polar surface area (TPSA) is 83.7 Å². The van der Waals surface area contributed by atoms with Gasteiger partial charge < -0.3 is 5.11 Å². The van der Waals surface area contributed by atoms with Gasteiger partial charge in [0.05, 0.1) is 10.7 Å². The normalized spacial score (nSPS) is 17.5. The van der Waals surface area contributed by atoms with E-state index in [0.29, 0.717) is 16.3 Å². The van der Waals surface area contributed by atoms with Crippen molar-refractivity contribution in [2.24, 2.45) is 0 Å². The zero-order valence-corrected chi connectivity index (χ0v) is 13.3. The first kappa shape index (κ1) is 15.6. The highest BCUT2D eigenvalue weighted by Crippen LogP contribution is 2.43. The highest BCUT2D eigenvalue weighted by Gasteiger charge is 2.35. The van der Waals surface area contributed by atoms with Crippen LogP contribution in [0.4, 0.5) is 11.4 Å². The van der Waals surface area contributed by atoms with E-state index >= 15 is 0 Å². The molecule has 8 heteroatoms. The van der Waals surface area contributed by atoms with E-state index in [4.69, 9.17) is 11.6 Å². The molecule has 0 aliphatic carbocycles. The fourth-order valence-electron chi connectivity index (χ4n) is 2.39. The quantitative estimate of drug-likeness (QED) is 0.673. The zero-order chi connectivity index (χ0) is 16.6. The SMILES string of the molecule is O=C1CS[C@H](c2ccc(O)c([N+](=O)[O-])c2)N1c1ccc(Cl)cc1. The second-order valence-electron chi connectivity index (χ2n) is 4.91. The number of halogens is 1. The van der Waals surface area contributed by atoms with Gasteiger partial charge in [0.25, 0.3) is 0 Å². The van der Waals surface area contributed by atoms with Crippen LogP contribution in [0.25, 0.3) is 0 Å². The Kier molecular flexibility index (Phi) is 4.14. The largest absolute Gasteiger partial charge is 0.502 e. The molecule has 1 heterocycles. The number of nitro benzene ring substituents is 1. The first-order chi connectivity index (χ1) is 11.0. The van der Waals surface area contributed by atoms with Crippen LogP contribution < -0.4 is 4.90 Å². The van der Waals surface area contributed by atoms with Gasteiger partial charge in [-0.15, -0.1) is 11.8 Å². The van der Waals surface area contributed by atoms with Crippen LogP contribution in [0.5, 0.6) is 5.75 Å². The average molecular weight is 351 g/mol. The summed E-state index contributed by atoms with van der Waals surface area (Å²) in [6, 6.07) is 11.0. The van der Waals surface area contributed by atoms with Crippen molar-refractivity contribution in [3.8, 4) is 5.75 Å². The number of phenols is 1. The molecule has 0 unspecified atom stereocenters. The molecule has 1 saturated heterocycles. The van der Waals surface area contributed by atoms with Gasteiger partial charge >= 0.3 is 5.69 Å². The third kappa shape index (κ3) is 2.97. The molecular formula is C15H11ClN2O4S. The number of carbonyl (C=O) groups is 1. The van der Waals surface area contributed by atoms with Crippen molar-refractivity contribution in [2.45, 2.75) is 5.37 Å². The third-order valence-electron chi connectivity index (χ3n) is 3.45. The van der Waals surface area contributed by atoms with Crippen molar-refractivity contribution in [3.63, 3.8) is 0 Å². The summed E-state index contributed by atoms with van der Waals surface area (Å²) in [7, 11) is 0. The maximum Gasteiger partial charge on any atom is 0.311 e. The van der Waals surface area contributed by atoms with Gasteiger partial charge in [0.1, 0.15) is 5.37 Å². The maximum absolute atomic E-state index is 12.2. The second kappa shape index (κ2) is 6.10. The Hall–Kier alpha value is -2.25. The zero-order valence-electron chi connectivity index (χ0n) is 11.7. The van der Waals surface area contributed by atoms with Crippen molar-refractivity contribution < 1.29 is 14.8 Å². The van der Waals surface area contributed by atoms with Crippen LogP contribution >= 0.6 is 23.4 Å². The van der Waals surface area contributed by atoms with E-state index in [0.717, 1.165) is 0 Å². The summed E-state index contributed by atoms with van der Waals surface area (Å²) in [6.45, 7) is 0. The van der Waals surface area contributed by atoms with Crippen molar-refractivity contribution in [2.75, 3.05) is 10.7 Å². The molecule has 2 aromatic carbocycles. The maximum atomic E-state index is 12.2. The molecule has 1 fully saturated rings. The molecule has 3 rings (SSSR count). The van der Waals surface area contributed by atoms with E-state index in [1.807, 2.05) is 0 Å². The van der Waals surface area contributed by atoms with Crippen LogP contribution in [-0.4, -0.2) is 21.7 Å². The predicted molar refractivity (Wildman–Crippen MR) is 88.9 cm³/mol. The van der Waals surface area contributed by atoms with Gasteiger partial charge in [0.15, 0.2) is 5.75 Å². The summed E-state index contributed by atoms with van der Waals surface area (Å²) in [5.41, 5.74) is 0.879. The summed E-state index contributed by atoms with van der Waals surface area (Å²) < 4.78 is 0. The number of nitro groups is 1. The molecule has 2 aromatic rings. The van der Waals surface area contributed by atoms with Gasteiger partial charge in [0, 0.05) is 16.8 Å². The lowest BCUT2D eigenvalue weighted by atomic mass is 10.1. The molecule has 1 atom stereocenters. The van der Waals surface area contributed by atoms with E-state index in [1.165, 1.54) is 23.9 Å². The van der Waals surface area contributed by atoms with Gasteiger partial charge in [-0.25, -0.2) is 0 Å². The molecular weight excluding hydrogens is 340 g/mol. The molecule has 118 valence electrons. The summed E-state index contributed by atoms with van der Waals surface area (Å²) >= 11 is 7.25. The van der Waals surface area contributed by atoms with Crippen molar-refractivity contribution >= 4 is 40.6 Å². The van der Waals surface area contributed by atoms with Gasteiger partial charge in [-0.1, -0.05) is 17.7 Å². The molecule has 0 spiro atoms. The number of thioether (sulfide) groups is 1. The Bertz CT molecular complexity index is 782. The highest BCUT2D eigenvalue weighted by atomic mass is 35.5. The number of carbonyl (C=O) groups excluding carboxylic acids is 1. The number of hydrogen-bond acceptors (Lipinski definition) is 5. The lowest BCUT2D eigenvalue weighted by Gasteiger charge is -2.24. The first-order valence-electron chi connectivity index (χ1n) is 6.64. The summed E-state index contributed by atoms with van der Waals surface area (Å²) in [4.78, 5) is 24.1. The second-order valence-corrected chi connectivity index (χ2v) is 6.41. The Balaban J connectivity index is 2.01. The molecule has 6 nitrogen and oxygen atoms in total. The van der Waals surface area contributed by atoms with Gasteiger partial charge in [-0.3, -0.25) is 19.8 Å². The lowest BCUT2D eigenvalue weighted by molar-refractivity contribution is -0.385. The van der Waals surface area contributed by atoms with E-state index in [2.05, 4.69) is 0 Å². The standard InChI is InChI=1S/C15H11ClN2O4S/c16-10-2-4-11(5-3-10)17-14(20)8-23-15(17)9-1-6-13(19)12(7-9)18(21)22/h1-7,15,19H,8H2/t15-/m1/s1. The summed E-state index contributed by atoms with van der Waals surface area (Å²) in [6.07, 6.45) is 0. The summed E-state index contributed by atoms with van der Waals surface area (Å²) in [5.74, 6) is -0.203. The van der Waals surface area contributed by atoms with Crippen LogP contribution in [0, 0.1) is 10.1 Å². The van der Waals surface area contributed by atoms with Crippen LogP contribution in [-0.2, 0) is 4.79 Å². The molecule has 0 radical (unpaired) electrons. The third-order valence-corrected chi connectivity index (χ3v) is 4.92. The number of anilines is 1. The monoisotopic (exact) mass is 350 g/mol. The number of hydrogen-bond donors (Lipinski definition) is 1. The molecule has 23 heavy (non-hydrogen) atoms. The average Bonchev–Trinajstić information content (AvgIpc) is 2.90. The molecule has 0 saturated carbocycles. The van der Waals surface area contributed by atoms with Crippen molar-refractivity contribution in [1.29, 1.82) is 0 Å². The molecule has 0 aromatic heterocycles. The Morgan fingerprint density at radius 1 is 1.26 bits per heavy atom. The van der Waals surface area contributed by atoms with E-state index in [-0.39, 0.29) is 22.7 Å². The minimum atomic E-state index is -0.646. The first-order valence-corrected chi connectivity index (χ1v) is 8.06. The lowest BCUT2D eigenvalue weighted by Crippen LogP contribution is -2.27. The fourth-order valence-corrected chi connectivity index (χ4v) is 3.68. The van der Waals surface area contributed by atoms with Crippen LogP contribution in [0.2, 0.25) is 5.02 Å². The molecule has 1 aliphatic rings. The van der Waals surface area contributed by atoms with Gasteiger partial charge in [-0.05, 0) is 35.9 Å². The molecule has 0 bridgehead atoms. The smallest absolute Gasteiger partial charge is 0.311 e. The number of benzene rings is 2. The molecule has 1 amide bonds. The number of rotatable bonds is 3. The number of aromatic hydroxyl groups is 1. The number of phenolic OH excluding ortho intramolecular Hbond substituents is 1. The van der Waals surface area contributed by atoms with E-state index in [1.54, 1.807) is 35.2 Å². The molecule has 1 N–H and O–H groups in total. The van der Waals surface area contributed by atoms with E-state index in [9.17, 15) is 20.0 Å². The minimum absolute atomic E-state index is 0.0851. The van der Waals surface area contributed by atoms with Crippen molar-refractivity contribution in [3.05, 3.63) is 63.2 Å². The number of amides is 1. The Morgan fingerprint density at radius 2 is 1.96 bits per heavy atom. The number of nitrogens with zero attached hydrogens (tertiary/aromatic N) is 2. The fraction of sp³-hybridized carbons (Fsp3) is 0.133. The minimum Gasteiger partial charge on any atom is -0.502 e.